The van der Waals surface area contributed by atoms with Crippen LogP contribution in [0.2, 0.25) is 0 Å². The standard InChI is InChI=1S/C12H16N2/c13-11-5-1-9(2-6-11)10-3-7-12(14)8-4-10/h1-5,7,11-12H,6,8,13-14H2. The van der Waals surface area contributed by atoms with Gasteiger partial charge in [-0.25, -0.2) is 0 Å². The Kier molecular flexibility index (Phi) is 2.66. The second kappa shape index (κ2) is 3.95. The second-order valence-corrected chi connectivity index (χ2v) is 3.84. The monoisotopic (exact) mass is 188 g/mol. The van der Waals surface area contributed by atoms with Gasteiger partial charge in [0, 0.05) is 12.1 Å². The van der Waals surface area contributed by atoms with Crippen molar-refractivity contribution in [3.8, 4) is 0 Å². The highest BCUT2D eigenvalue weighted by atomic mass is 14.6. The Morgan fingerprint density at radius 2 is 1.29 bits per heavy atom. The molecule has 0 aromatic rings. The van der Waals surface area contributed by atoms with Crippen molar-refractivity contribution in [1.82, 2.24) is 0 Å². The van der Waals surface area contributed by atoms with Crippen LogP contribution in [-0.4, -0.2) is 12.1 Å². The van der Waals surface area contributed by atoms with Crippen LogP contribution in [0.5, 0.6) is 0 Å². The number of allylic oxidation sites excluding steroid dienone is 4. The first kappa shape index (κ1) is 9.44. The molecular formula is C12H16N2. The average molecular weight is 188 g/mol. The summed E-state index contributed by atoms with van der Waals surface area (Å²) in [6, 6.07) is 0.378. The minimum atomic E-state index is 0.189. The summed E-state index contributed by atoms with van der Waals surface area (Å²) in [6.07, 6.45) is 14.6. The van der Waals surface area contributed by atoms with Crippen LogP contribution >= 0.6 is 0 Å². The summed E-state index contributed by atoms with van der Waals surface area (Å²) < 4.78 is 0. The van der Waals surface area contributed by atoms with Gasteiger partial charge in [0.2, 0.25) is 0 Å². The zero-order valence-electron chi connectivity index (χ0n) is 8.19. The number of nitrogens with two attached hydrogens (primary N) is 2. The van der Waals surface area contributed by atoms with Gasteiger partial charge >= 0.3 is 0 Å². The molecule has 2 atom stereocenters. The lowest BCUT2D eigenvalue weighted by Crippen LogP contribution is -2.19. The van der Waals surface area contributed by atoms with Crippen molar-refractivity contribution in [3.63, 3.8) is 0 Å². The molecule has 0 aromatic heterocycles. The highest BCUT2D eigenvalue weighted by Gasteiger charge is 2.09. The van der Waals surface area contributed by atoms with Crippen LogP contribution in [0, 0.1) is 0 Å². The molecule has 0 saturated heterocycles. The summed E-state index contributed by atoms with van der Waals surface area (Å²) in [5.41, 5.74) is 14.1. The third kappa shape index (κ3) is 2.03. The van der Waals surface area contributed by atoms with E-state index in [1.54, 1.807) is 0 Å². The summed E-state index contributed by atoms with van der Waals surface area (Å²) in [6.45, 7) is 0. The molecule has 0 spiro atoms. The summed E-state index contributed by atoms with van der Waals surface area (Å²) >= 11 is 0. The van der Waals surface area contributed by atoms with Gasteiger partial charge in [-0.15, -0.1) is 0 Å². The molecule has 2 heteroatoms. The van der Waals surface area contributed by atoms with E-state index < -0.39 is 0 Å². The van der Waals surface area contributed by atoms with Gasteiger partial charge in [-0.05, 0) is 24.0 Å². The topological polar surface area (TPSA) is 52.0 Å². The fraction of sp³-hybridized carbons (Fsp3) is 0.333. The van der Waals surface area contributed by atoms with Crippen molar-refractivity contribution in [2.75, 3.05) is 0 Å². The van der Waals surface area contributed by atoms with E-state index in [-0.39, 0.29) is 12.1 Å². The van der Waals surface area contributed by atoms with Gasteiger partial charge in [-0.1, -0.05) is 36.5 Å². The summed E-state index contributed by atoms with van der Waals surface area (Å²) in [5.74, 6) is 0. The molecule has 2 rings (SSSR count). The van der Waals surface area contributed by atoms with Crippen LogP contribution in [0.3, 0.4) is 0 Å². The van der Waals surface area contributed by atoms with E-state index in [4.69, 9.17) is 11.5 Å². The van der Waals surface area contributed by atoms with E-state index in [0.29, 0.717) is 0 Å². The molecule has 14 heavy (non-hydrogen) atoms. The largest absolute Gasteiger partial charge is 0.324 e. The van der Waals surface area contributed by atoms with Crippen LogP contribution in [0.15, 0.2) is 47.6 Å². The molecular weight excluding hydrogens is 172 g/mol. The maximum atomic E-state index is 5.76. The minimum absolute atomic E-state index is 0.189. The molecule has 2 aliphatic carbocycles. The van der Waals surface area contributed by atoms with E-state index >= 15 is 0 Å². The maximum absolute atomic E-state index is 5.76. The quantitative estimate of drug-likeness (QED) is 0.653. The number of hydrogen-bond donors (Lipinski definition) is 2. The Morgan fingerprint density at radius 1 is 0.857 bits per heavy atom. The Bertz CT molecular complexity index is 300. The second-order valence-electron chi connectivity index (χ2n) is 3.84. The minimum Gasteiger partial charge on any atom is -0.324 e. The number of hydrogen-bond acceptors (Lipinski definition) is 2. The molecule has 0 bridgehead atoms. The molecule has 2 unspecified atom stereocenters. The Hall–Kier alpha value is -1.12. The SMILES string of the molecule is NC1C=CC(C2=CCC(N)C=C2)=CC1. The first-order valence-corrected chi connectivity index (χ1v) is 5.04. The van der Waals surface area contributed by atoms with Crippen LogP contribution in [0.4, 0.5) is 0 Å². The third-order valence-corrected chi connectivity index (χ3v) is 2.60. The van der Waals surface area contributed by atoms with Crippen molar-refractivity contribution >= 4 is 0 Å². The zero-order valence-corrected chi connectivity index (χ0v) is 8.19. The van der Waals surface area contributed by atoms with Gasteiger partial charge in [0.1, 0.15) is 0 Å². The fourth-order valence-electron chi connectivity index (χ4n) is 1.70. The predicted molar refractivity (Wildman–Crippen MR) is 59.6 cm³/mol. The predicted octanol–water partition coefficient (Wildman–Crippen LogP) is 1.41. The number of rotatable bonds is 1. The summed E-state index contributed by atoms with van der Waals surface area (Å²) in [4.78, 5) is 0. The van der Waals surface area contributed by atoms with Crippen molar-refractivity contribution in [2.24, 2.45) is 11.5 Å². The van der Waals surface area contributed by atoms with Gasteiger partial charge in [-0.3, -0.25) is 0 Å². The molecule has 2 aliphatic rings. The molecule has 0 saturated carbocycles. The van der Waals surface area contributed by atoms with E-state index in [2.05, 4.69) is 36.5 Å². The molecule has 0 heterocycles. The molecule has 4 N–H and O–H groups in total. The van der Waals surface area contributed by atoms with Crippen LogP contribution in [0.1, 0.15) is 12.8 Å². The lowest BCUT2D eigenvalue weighted by Gasteiger charge is -2.16. The molecule has 0 radical (unpaired) electrons. The maximum Gasteiger partial charge on any atom is 0.0262 e. The fourth-order valence-corrected chi connectivity index (χ4v) is 1.70. The lowest BCUT2D eigenvalue weighted by molar-refractivity contribution is 0.809. The van der Waals surface area contributed by atoms with Crippen LogP contribution in [0.25, 0.3) is 0 Å². The average Bonchev–Trinajstić information content (AvgIpc) is 2.21. The van der Waals surface area contributed by atoms with Gasteiger partial charge in [0.25, 0.3) is 0 Å². The molecule has 0 fully saturated rings. The summed E-state index contributed by atoms with van der Waals surface area (Å²) in [7, 11) is 0. The first-order valence-electron chi connectivity index (χ1n) is 5.04. The van der Waals surface area contributed by atoms with Crippen molar-refractivity contribution in [2.45, 2.75) is 24.9 Å². The van der Waals surface area contributed by atoms with Gasteiger partial charge < -0.3 is 11.5 Å². The molecule has 2 nitrogen and oxygen atoms in total. The van der Waals surface area contributed by atoms with Crippen molar-refractivity contribution in [3.05, 3.63) is 47.6 Å². The van der Waals surface area contributed by atoms with Crippen molar-refractivity contribution < 1.29 is 0 Å². The van der Waals surface area contributed by atoms with E-state index in [1.807, 2.05) is 0 Å². The Labute approximate surface area is 84.7 Å². The molecule has 74 valence electrons. The zero-order chi connectivity index (χ0) is 9.97. The highest BCUT2D eigenvalue weighted by molar-refractivity contribution is 5.49. The first-order chi connectivity index (χ1) is 6.75. The third-order valence-electron chi connectivity index (χ3n) is 2.60. The van der Waals surface area contributed by atoms with E-state index in [0.717, 1.165) is 12.8 Å². The van der Waals surface area contributed by atoms with Gasteiger partial charge in [-0.2, -0.15) is 0 Å². The molecule has 0 amide bonds. The molecule has 0 aliphatic heterocycles. The van der Waals surface area contributed by atoms with Crippen molar-refractivity contribution in [1.29, 1.82) is 0 Å². The van der Waals surface area contributed by atoms with Gasteiger partial charge in [0.05, 0.1) is 0 Å². The van der Waals surface area contributed by atoms with Crippen LogP contribution < -0.4 is 11.5 Å². The summed E-state index contributed by atoms with van der Waals surface area (Å²) in [5, 5.41) is 0. The van der Waals surface area contributed by atoms with Gasteiger partial charge in [0.15, 0.2) is 0 Å². The lowest BCUT2D eigenvalue weighted by atomic mass is 9.93. The molecule has 0 aromatic carbocycles. The Balaban J connectivity index is 2.11. The van der Waals surface area contributed by atoms with E-state index in [9.17, 15) is 0 Å². The Morgan fingerprint density at radius 3 is 1.57 bits per heavy atom. The van der Waals surface area contributed by atoms with Crippen LogP contribution in [-0.2, 0) is 0 Å². The van der Waals surface area contributed by atoms with E-state index in [1.165, 1.54) is 11.1 Å². The normalized spacial score (nSPS) is 31.3. The smallest absolute Gasteiger partial charge is 0.0262 e. The highest BCUT2D eigenvalue weighted by Crippen LogP contribution is 2.22.